The Morgan fingerprint density at radius 2 is 1.88 bits per heavy atom. The summed E-state index contributed by atoms with van der Waals surface area (Å²) in [5, 5.41) is 8.26. The number of terminal acetylenes is 1. The molecule has 1 heterocycles. The standard InChI is InChI=1S/C16H9Cl3F3NO2/c1-3-4-7-5-8(6-9(11(7)17)15(24)25)10-12(18)13(16(20,21)22)23(2)14(10)19/h1,5-6H,4H2,2H3,(H,24,25). The van der Waals surface area contributed by atoms with E-state index < -0.39 is 22.9 Å². The van der Waals surface area contributed by atoms with Crippen molar-refractivity contribution in [3.8, 4) is 23.5 Å². The molecule has 0 fully saturated rings. The van der Waals surface area contributed by atoms with Crippen LogP contribution in [0.15, 0.2) is 12.1 Å². The van der Waals surface area contributed by atoms with Gasteiger partial charge in [-0.3, -0.25) is 0 Å². The second-order valence-corrected chi connectivity index (χ2v) is 6.18. The molecule has 1 aromatic heterocycles. The lowest BCUT2D eigenvalue weighted by Crippen LogP contribution is -2.11. The summed E-state index contributed by atoms with van der Waals surface area (Å²) in [4.78, 5) is 11.4. The van der Waals surface area contributed by atoms with Crippen molar-refractivity contribution in [2.24, 2.45) is 7.05 Å². The highest BCUT2D eigenvalue weighted by Crippen LogP contribution is 2.46. The third kappa shape index (κ3) is 3.45. The fourth-order valence-electron chi connectivity index (χ4n) is 2.41. The molecule has 0 amide bonds. The topological polar surface area (TPSA) is 42.2 Å². The highest BCUT2D eigenvalue weighted by molar-refractivity contribution is 6.40. The van der Waals surface area contributed by atoms with Crippen LogP contribution in [0.5, 0.6) is 0 Å². The molecule has 25 heavy (non-hydrogen) atoms. The summed E-state index contributed by atoms with van der Waals surface area (Å²) in [6.07, 6.45) is 0.477. The minimum absolute atomic E-state index is 0.0127. The predicted molar refractivity (Wildman–Crippen MR) is 90.4 cm³/mol. The van der Waals surface area contributed by atoms with Crippen molar-refractivity contribution in [1.29, 1.82) is 0 Å². The Bertz CT molecular complexity index is 911. The molecule has 0 aliphatic rings. The number of aromatic nitrogens is 1. The Morgan fingerprint density at radius 3 is 2.32 bits per heavy atom. The van der Waals surface area contributed by atoms with Gasteiger partial charge in [0.1, 0.15) is 10.8 Å². The summed E-state index contributed by atoms with van der Waals surface area (Å²) >= 11 is 17.9. The Morgan fingerprint density at radius 1 is 1.28 bits per heavy atom. The van der Waals surface area contributed by atoms with Crippen LogP contribution in [0.25, 0.3) is 11.1 Å². The molecule has 0 saturated carbocycles. The molecule has 3 nitrogen and oxygen atoms in total. The van der Waals surface area contributed by atoms with Gasteiger partial charge in [0.15, 0.2) is 0 Å². The molecule has 9 heteroatoms. The number of hydrogen-bond acceptors (Lipinski definition) is 1. The third-order valence-corrected chi connectivity index (χ3v) is 4.75. The second kappa shape index (κ2) is 6.83. The van der Waals surface area contributed by atoms with E-state index in [1.54, 1.807) is 0 Å². The highest BCUT2D eigenvalue weighted by Gasteiger charge is 2.40. The minimum Gasteiger partial charge on any atom is -0.478 e. The molecule has 0 unspecified atom stereocenters. The number of rotatable bonds is 3. The summed E-state index contributed by atoms with van der Waals surface area (Å²) < 4.78 is 40.2. The Balaban J connectivity index is 2.84. The van der Waals surface area contributed by atoms with E-state index in [1.807, 2.05) is 0 Å². The lowest BCUT2D eigenvalue weighted by atomic mass is 9.99. The Labute approximate surface area is 155 Å². The van der Waals surface area contributed by atoms with Crippen LogP contribution in [0.1, 0.15) is 21.6 Å². The van der Waals surface area contributed by atoms with Gasteiger partial charge in [-0.15, -0.1) is 12.3 Å². The van der Waals surface area contributed by atoms with E-state index in [1.165, 1.54) is 6.07 Å². The average Bonchev–Trinajstić information content (AvgIpc) is 2.71. The van der Waals surface area contributed by atoms with E-state index in [2.05, 4.69) is 5.92 Å². The first-order valence-corrected chi connectivity index (χ1v) is 7.74. The third-order valence-electron chi connectivity index (χ3n) is 3.49. The van der Waals surface area contributed by atoms with Crippen molar-refractivity contribution < 1.29 is 23.1 Å². The maximum atomic E-state index is 13.2. The van der Waals surface area contributed by atoms with Crippen molar-refractivity contribution >= 4 is 40.8 Å². The summed E-state index contributed by atoms with van der Waals surface area (Å²) in [6, 6.07) is 2.49. The fraction of sp³-hybridized carbons (Fsp3) is 0.188. The van der Waals surface area contributed by atoms with Crippen LogP contribution in [0.3, 0.4) is 0 Å². The molecule has 0 saturated heterocycles. The Kier molecular flexibility index (Phi) is 5.33. The van der Waals surface area contributed by atoms with E-state index in [9.17, 15) is 23.1 Å². The number of halogens is 6. The monoisotopic (exact) mass is 409 g/mol. The van der Waals surface area contributed by atoms with Gasteiger partial charge >= 0.3 is 12.1 Å². The molecule has 0 aliphatic heterocycles. The predicted octanol–water partition coefficient (Wildman–Crippen LogP) is 5.55. The zero-order valence-corrected chi connectivity index (χ0v) is 14.8. The molecular formula is C16H9Cl3F3NO2. The highest BCUT2D eigenvalue weighted by atomic mass is 35.5. The first kappa shape index (κ1) is 19.5. The molecule has 0 aliphatic carbocycles. The van der Waals surface area contributed by atoms with Gasteiger partial charge in [-0.05, 0) is 23.3 Å². The van der Waals surface area contributed by atoms with Crippen LogP contribution in [0.2, 0.25) is 15.2 Å². The summed E-state index contributed by atoms with van der Waals surface area (Å²) in [5.74, 6) is 0.954. The van der Waals surface area contributed by atoms with Gasteiger partial charge in [0, 0.05) is 19.0 Å². The van der Waals surface area contributed by atoms with Crippen molar-refractivity contribution in [2.45, 2.75) is 12.6 Å². The molecule has 0 spiro atoms. The van der Waals surface area contributed by atoms with Crippen molar-refractivity contribution in [2.75, 3.05) is 0 Å². The lowest BCUT2D eigenvalue weighted by Gasteiger charge is -2.10. The number of carbonyl (C=O) groups is 1. The molecule has 1 N–H and O–H groups in total. The van der Waals surface area contributed by atoms with Gasteiger partial charge in [0.25, 0.3) is 0 Å². The van der Waals surface area contributed by atoms with Crippen LogP contribution in [0, 0.1) is 12.3 Å². The second-order valence-electron chi connectivity index (χ2n) is 5.07. The van der Waals surface area contributed by atoms with Gasteiger partial charge < -0.3 is 9.67 Å². The van der Waals surface area contributed by atoms with Crippen molar-refractivity contribution in [3.05, 3.63) is 44.2 Å². The molecule has 132 valence electrons. The molecular weight excluding hydrogens is 402 g/mol. The van der Waals surface area contributed by atoms with Gasteiger partial charge in [-0.1, -0.05) is 34.8 Å². The number of benzene rings is 1. The maximum absolute atomic E-state index is 13.2. The number of carboxylic acid groups (broad SMARTS) is 1. The van der Waals surface area contributed by atoms with Gasteiger partial charge in [-0.2, -0.15) is 13.2 Å². The number of alkyl halides is 3. The number of hydrogen-bond donors (Lipinski definition) is 1. The number of aromatic carboxylic acids is 1. The average molecular weight is 411 g/mol. The molecule has 0 bridgehead atoms. The van der Waals surface area contributed by atoms with Gasteiger partial charge in [-0.25, -0.2) is 4.79 Å². The van der Waals surface area contributed by atoms with E-state index in [0.717, 1.165) is 13.1 Å². The SMILES string of the molecule is C#CCc1cc(-c2c(Cl)c(C(F)(F)F)n(C)c2Cl)cc(C(=O)O)c1Cl. The molecule has 0 atom stereocenters. The Hall–Kier alpha value is -1.81. The van der Waals surface area contributed by atoms with Crippen LogP contribution in [0.4, 0.5) is 13.2 Å². The van der Waals surface area contributed by atoms with Crippen LogP contribution in [-0.4, -0.2) is 15.6 Å². The van der Waals surface area contributed by atoms with Crippen molar-refractivity contribution in [1.82, 2.24) is 4.57 Å². The van der Waals surface area contributed by atoms with Crippen LogP contribution < -0.4 is 0 Å². The van der Waals surface area contributed by atoms with Gasteiger partial charge in [0.05, 0.1) is 15.6 Å². The van der Waals surface area contributed by atoms with Crippen LogP contribution >= 0.6 is 34.8 Å². The van der Waals surface area contributed by atoms with E-state index >= 15 is 0 Å². The first-order chi connectivity index (χ1) is 11.5. The molecule has 1 aromatic carbocycles. The molecule has 0 radical (unpaired) electrons. The smallest absolute Gasteiger partial charge is 0.432 e. The first-order valence-electron chi connectivity index (χ1n) is 6.61. The van der Waals surface area contributed by atoms with E-state index in [0.29, 0.717) is 4.57 Å². The lowest BCUT2D eigenvalue weighted by molar-refractivity contribution is -0.142. The summed E-state index contributed by atoms with van der Waals surface area (Å²) in [7, 11) is 1.11. The number of carboxylic acids is 1. The normalized spacial score (nSPS) is 11.4. The summed E-state index contributed by atoms with van der Waals surface area (Å²) in [6.45, 7) is 0. The zero-order chi connectivity index (χ0) is 19.1. The zero-order valence-electron chi connectivity index (χ0n) is 12.5. The van der Waals surface area contributed by atoms with E-state index in [-0.39, 0.29) is 38.9 Å². The van der Waals surface area contributed by atoms with E-state index in [4.69, 9.17) is 41.2 Å². The van der Waals surface area contributed by atoms with Crippen LogP contribution in [-0.2, 0) is 19.6 Å². The largest absolute Gasteiger partial charge is 0.478 e. The maximum Gasteiger partial charge on any atom is 0.432 e. The quantitative estimate of drug-likeness (QED) is 0.675. The van der Waals surface area contributed by atoms with Gasteiger partial charge in [0.2, 0.25) is 0 Å². The number of nitrogens with zero attached hydrogens (tertiary/aromatic N) is 1. The minimum atomic E-state index is -4.74. The molecule has 2 aromatic rings. The molecule has 2 rings (SSSR count). The van der Waals surface area contributed by atoms with Crippen molar-refractivity contribution in [3.63, 3.8) is 0 Å². The summed E-state index contributed by atoms with van der Waals surface area (Å²) in [5.41, 5.74) is -1.25. The fourth-order valence-corrected chi connectivity index (χ4v) is 3.43.